The standard InChI is InChI=1S/C16H19N3O6/c1-10(2)16(3,9-17)18-14(20)8-25-13-6-5-11(15(21)24-4)7-12(13)19(22)23/h5-7,10H,8H2,1-4H3,(H,18,20)/t16-/m0/s1. The zero-order valence-corrected chi connectivity index (χ0v) is 14.4. The maximum atomic E-state index is 12.0. The van der Waals surface area contributed by atoms with E-state index in [1.165, 1.54) is 12.1 Å². The number of nitrogens with zero attached hydrogens (tertiary/aromatic N) is 2. The van der Waals surface area contributed by atoms with Gasteiger partial charge in [0.25, 0.3) is 5.91 Å². The normalized spacial score (nSPS) is 12.6. The van der Waals surface area contributed by atoms with Crippen molar-refractivity contribution in [3.8, 4) is 11.8 Å². The number of nitro groups is 1. The Kier molecular flexibility index (Phi) is 6.45. The van der Waals surface area contributed by atoms with Crippen molar-refractivity contribution in [2.45, 2.75) is 26.3 Å². The molecule has 134 valence electrons. The molecule has 1 aromatic rings. The van der Waals surface area contributed by atoms with Crippen LogP contribution in [0.25, 0.3) is 0 Å². The maximum Gasteiger partial charge on any atom is 0.338 e. The first-order valence-corrected chi connectivity index (χ1v) is 7.36. The average molecular weight is 349 g/mol. The molecule has 0 spiro atoms. The van der Waals surface area contributed by atoms with Crippen molar-refractivity contribution in [3.63, 3.8) is 0 Å². The average Bonchev–Trinajstić information content (AvgIpc) is 2.58. The van der Waals surface area contributed by atoms with Gasteiger partial charge in [-0.15, -0.1) is 0 Å². The second-order valence-electron chi connectivity index (χ2n) is 5.74. The summed E-state index contributed by atoms with van der Waals surface area (Å²) in [6.45, 7) is 4.62. The molecule has 0 radical (unpaired) electrons. The first kappa shape index (κ1) is 19.9. The van der Waals surface area contributed by atoms with E-state index in [4.69, 9.17) is 4.74 Å². The summed E-state index contributed by atoms with van der Waals surface area (Å²) < 4.78 is 9.69. The van der Waals surface area contributed by atoms with E-state index in [-0.39, 0.29) is 17.2 Å². The number of ether oxygens (including phenoxy) is 2. The maximum absolute atomic E-state index is 12.0. The van der Waals surface area contributed by atoms with Gasteiger partial charge < -0.3 is 14.8 Å². The third-order valence-electron chi connectivity index (χ3n) is 3.72. The van der Waals surface area contributed by atoms with Gasteiger partial charge in [-0.05, 0) is 25.0 Å². The van der Waals surface area contributed by atoms with E-state index < -0.39 is 34.6 Å². The molecule has 0 unspecified atom stereocenters. The summed E-state index contributed by atoms with van der Waals surface area (Å²) in [4.78, 5) is 33.8. The number of nitrogens with one attached hydrogen (secondary N) is 1. The van der Waals surface area contributed by atoms with Crippen molar-refractivity contribution >= 4 is 17.6 Å². The molecule has 0 aliphatic heterocycles. The van der Waals surface area contributed by atoms with Gasteiger partial charge in [0.1, 0.15) is 5.54 Å². The number of rotatable bonds is 7. The zero-order valence-electron chi connectivity index (χ0n) is 14.4. The molecule has 0 bridgehead atoms. The van der Waals surface area contributed by atoms with Crippen LogP contribution in [-0.4, -0.2) is 36.1 Å². The Morgan fingerprint density at radius 1 is 1.44 bits per heavy atom. The fraction of sp³-hybridized carbons (Fsp3) is 0.438. The quantitative estimate of drug-likeness (QED) is 0.451. The van der Waals surface area contributed by atoms with Gasteiger partial charge in [0.2, 0.25) is 0 Å². The van der Waals surface area contributed by atoms with Gasteiger partial charge in [0, 0.05) is 6.07 Å². The van der Waals surface area contributed by atoms with Crippen LogP contribution in [0.5, 0.6) is 5.75 Å². The van der Waals surface area contributed by atoms with Crippen molar-refractivity contribution in [2.75, 3.05) is 13.7 Å². The molecule has 9 nitrogen and oxygen atoms in total. The van der Waals surface area contributed by atoms with Crippen LogP contribution < -0.4 is 10.1 Å². The first-order chi connectivity index (χ1) is 11.6. The molecule has 0 aliphatic rings. The molecule has 9 heteroatoms. The third-order valence-corrected chi connectivity index (χ3v) is 3.72. The molecule has 25 heavy (non-hydrogen) atoms. The molecular formula is C16H19N3O6. The number of carbonyl (C=O) groups is 2. The highest BCUT2D eigenvalue weighted by molar-refractivity contribution is 5.90. The van der Waals surface area contributed by atoms with Crippen LogP contribution in [0.4, 0.5) is 5.69 Å². The minimum Gasteiger partial charge on any atom is -0.477 e. The van der Waals surface area contributed by atoms with Crippen LogP contribution in [0.15, 0.2) is 18.2 Å². The number of methoxy groups -OCH3 is 1. The van der Waals surface area contributed by atoms with E-state index in [0.29, 0.717) is 0 Å². The topological polar surface area (TPSA) is 132 Å². The SMILES string of the molecule is COC(=O)c1ccc(OCC(=O)N[C@@](C)(C#N)C(C)C)c([N+](=O)[O-])c1. The van der Waals surface area contributed by atoms with Gasteiger partial charge >= 0.3 is 11.7 Å². The Morgan fingerprint density at radius 2 is 2.08 bits per heavy atom. The van der Waals surface area contributed by atoms with Gasteiger partial charge in [-0.2, -0.15) is 5.26 Å². The molecule has 1 aromatic carbocycles. The number of hydrogen-bond acceptors (Lipinski definition) is 7. The predicted molar refractivity (Wildman–Crippen MR) is 86.9 cm³/mol. The minimum absolute atomic E-state index is 0.0112. The number of hydrogen-bond donors (Lipinski definition) is 1. The molecule has 1 N–H and O–H groups in total. The summed E-state index contributed by atoms with van der Waals surface area (Å²) in [5, 5.41) is 22.8. The lowest BCUT2D eigenvalue weighted by Crippen LogP contribution is -2.50. The second kappa shape index (κ2) is 8.10. The van der Waals surface area contributed by atoms with Crippen molar-refractivity contribution in [1.29, 1.82) is 5.26 Å². The lowest BCUT2D eigenvalue weighted by Gasteiger charge is -2.27. The fourth-order valence-corrected chi connectivity index (χ4v) is 1.80. The van der Waals surface area contributed by atoms with Gasteiger partial charge in [-0.1, -0.05) is 13.8 Å². The second-order valence-corrected chi connectivity index (χ2v) is 5.74. The Balaban J connectivity index is 2.90. The van der Waals surface area contributed by atoms with E-state index in [1.807, 2.05) is 6.07 Å². The number of amides is 1. The predicted octanol–water partition coefficient (Wildman–Crippen LogP) is 1.81. The highest BCUT2D eigenvalue weighted by Gasteiger charge is 2.30. The van der Waals surface area contributed by atoms with E-state index >= 15 is 0 Å². The number of carbonyl (C=O) groups excluding carboxylic acids is 2. The summed E-state index contributed by atoms with van der Waals surface area (Å²) in [7, 11) is 1.16. The van der Waals surface area contributed by atoms with Crippen LogP contribution in [0.3, 0.4) is 0 Å². The van der Waals surface area contributed by atoms with Gasteiger partial charge in [0.05, 0.1) is 23.7 Å². The fourth-order valence-electron chi connectivity index (χ4n) is 1.80. The van der Waals surface area contributed by atoms with E-state index in [1.54, 1.807) is 20.8 Å². The highest BCUT2D eigenvalue weighted by atomic mass is 16.6. The van der Waals surface area contributed by atoms with Crippen LogP contribution >= 0.6 is 0 Å². The summed E-state index contributed by atoms with van der Waals surface area (Å²) in [6.07, 6.45) is 0. The van der Waals surface area contributed by atoms with Crippen molar-refractivity contribution < 1.29 is 24.0 Å². The summed E-state index contributed by atoms with van der Waals surface area (Å²) in [5.74, 6) is -1.63. The Morgan fingerprint density at radius 3 is 2.56 bits per heavy atom. The van der Waals surface area contributed by atoms with Crippen molar-refractivity contribution in [1.82, 2.24) is 5.32 Å². The molecule has 1 rings (SSSR count). The van der Waals surface area contributed by atoms with E-state index in [0.717, 1.165) is 13.2 Å². The summed E-state index contributed by atoms with van der Waals surface area (Å²) in [5.41, 5.74) is -1.56. The molecule has 1 atom stereocenters. The molecule has 0 aromatic heterocycles. The Hall–Kier alpha value is -3.15. The molecule has 1 amide bonds. The smallest absolute Gasteiger partial charge is 0.338 e. The number of nitro benzene ring substituents is 1. The molecule has 0 aliphatic carbocycles. The van der Waals surface area contributed by atoms with E-state index in [9.17, 15) is 25.0 Å². The van der Waals surface area contributed by atoms with Crippen molar-refractivity contribution in [2.24, 2.45) is 5.92 Å². The van der Waals surface area contributed by atoms with Crippen LogP contribution in [0, 0.1) is 27.4 Å². The lowest BCUT2D eigenvalue weighted by molar-refractivity contribution is -0.385. The molecular weight excluding hydrogens is 330 g/mol. The third kappa shape index (κ3) is 4.91. The van der Waals surface area contributed by atoms with Gasteiger partial charge in [0.15, 0.2) is 12.4 Å². The molecule has 0 fully saturated rings. The largest absolute Gasteiger partial charge is 0.477 e. The zero-order chi connectivity index (χ0) is 19.2. The van der Waals surface area contributed by atoms with Crippen molar-refractivity contribution in [3.05, 3.63) is 33.9 Å². The summed E-state index contributed by atoms with van der Waals surface area (Å²) >= 11 is 0. The highest BCUT2D eigenvalue weighted by Crippen LogP contribution is 2.28. The summed E-state index contributed by atoms with van der Waals surface area (Å²) in [6, 6.07) is 5.53. The first-order valence-electron chi connectivity index (χ1n) is 7.36. The molecule has 0 saturated carbocycles. The van der Waals surface area contributed by atoms with Crippen LogP contribution in [0.2, 0.25) is 0 Å². The number of benzene rings is 1. The van der Waals surface area contributed by atoms with Crippen LogP contribution in [0.1, 0.15) is 31.1 Å². The van der Waals surface area contributed by atoms with Crippen LogP contribution in [-0.2, 0) is 9.53 Å². The number of esters is 1. The minimum atomic E-state index is -1.08. The molecule has 0 saturated heterocycles. The molecule has 0 heterocycles. The number of nitriles is 1. The Bertz CT molecular complexity index is 725. The van der Waals surface area contributed by atoms with Gasteiger partial charge in [-0.3, -0.25) is 14.9 Å². The lowest BCUT2D eigenvalue weighted by atomic mass is 9.90. The monoisotopic (exact) mass is 349 g/mol. The van der Waals surface area contributed by atoms with Gasteiger partial charge in [-0.25, -0.2) is 4.79 Å². The van der Waals surface area contributed by atoms with E-state index in [2.05, 4.69) is 10.1 Å². The Labute approximate surface area is 144 Å².